The quantitative estimate of drug-likeness (QED) is 0.614. The van der Waals surface area contributed by atoms with E-state index in [1.54, 1.807) is 7.05 Å². The highest BCUT2D eigenvalue weighted by Crippen LogP contribution is 2.27. The van der Waals surface area contributed by atoms with E-state index in [9.17, 15) is 4.79 Å². The number of nitrogens with zero attached hydrogens (tertiary/aromatic N) is 4. The van der Waals surface area contributed by atoms with Gasteiger partial charge in [-0.25, -0.2) is 0 Å². The fraction of sp³-hybridized carbons (Fsp3) is 0.722. The van der Waals surface area contributed by atoms with Crippen LogP contribution in [0.4, 0.5) is 0 Å². The number of carbonyl (C=O) groups excluding carboxylic acids is 1. The topological polar surface area (TPSA) is 74.6 Å². The molecule has 1 atom stereocenters. The average molecular weight is 346 g/mol. The van der Waals surface area contributed by atoms with Gasteiger partial charge in [-0.1, -0.05) is 12.8 Å². The van der Waals surface area contributed by atoms with Crippen LogP contribution in [0.15, 0.2) is 17.4 Å². The Morgan fingerprint density at radius 1 is 1.36 bits per heavy atom. The standard InChI is InChI=1S/C18H30N6O/c1-19-18(20-9-7-14-11-21-23(2)12-14)22-16-8-10-24(13-16)17(25)15-5-3-4-6-15/h11-12,15-16H,3-10,13H2,1-2H3,(H2,19,20,22). The molecule has 2 fully saturated rings. The lowest BCUT2D eigenvalue weighted by molar-refractivity contribution is -0.134. The number of nitrogens with one attached hydrogen (secondary N) is 2. The normalized spacial score (nSPS) is 21.8. The summed E-state index contributed by atoms with van der Waals surface area (Å²) in [5.74, 6) is 1.45. The molecule has 1 amide bonds. The molecule has 1 aromatic heterocycles. The monoisotopic (exact) mass is 346 g/mol. The Labute approximate surface area is 149 Å². The molecular formula is C18H30N6O. The first-order valence-corrected chi connectivity index (χ1v) is 9.39. The van der Waals surface area contributed by atoms with Crippen molar-refractivity contribution >= 4 is 11.9 Å². The molecule has 1 aliphatic heterocycles. The average Bonchev–Trinajstić information content (AvgIpc) is 3.35. The number of aliphatic imine (C=N–C) groups is 1. The highest BCUT2D eigenvalue weighted by atomic mass is 16.2. The Balaban J connectivity index is 1.40. The molecule has 1 saturated heterocycles. The second-order valence-electron chi connectivity index (χ2n) is 7.17. The SMILES string of the molecule is CN=C(NCCc1cnn(C)c1)NC1CCN(C(=O)C2CCCC2)C1. The van der Waals surface area contributed by atoms with Crippen molar-refractivity contribution in [2.75, 3.05) is 26.7 Å². The molecule has 1 saturated carbocycles. The third kappa shape index (κ3) is 4.74. The first kappa shape index (κ1) is 17.8. The molecular weight excluding hydrogens is 316 g/mol. The Kier molecular flexibility index (Phi) is 5.94. The van der Waals surface area contributed by atoms with Crippen LogP contribution < -0.4 is 10.6 Å². The molecule has 2 heterocycles. The summed E-state index contributed by atoms with van der Waals surface area (Å²) in [5.41, 5.74) is 1.21. The summed E-state index contributed by atoms with van der Waals surface area (Å²) < 4.78 is 1.82. The zero-order chi connectivity index (χ0) is 17.6. The van der Waals surface area contributed by atoms with E-state index in [0.717, 1.165) is 51.3 Å². The predicted octanol–water partition coefficient (Wildman–Crippen LogP) is 0.919. The third-order valence-corrected chi connectivity index (χ3v) is 5.23. The summed E-state index contributed by atoms with van der Waals surface area (Å²) in [4.78, 5) is 18.9. The molecule has 0 spiro atoms. The number of amides is 1. The van der Waals surface area contributed by atoms with Crippen LogP contribution in [0.1, 0.15) is 37.7 Å². The van der Waals surface area contributed by atoms with Gasteiger partial charge in [-0.2, -0.15) is 5.10 Å². The van der Waals surface area contributed by atoms with Crippen molar-refractivity contribution in [3.63, 3.8) is 0 Å². The second kappa shape index (κ2) is 8.36. The molecule has 138 valence electrons. The van der Waals surface area contributed by atoms with Crippen LogP contribution in [0, 0.1) is 5.92 Å². The zero-order valence-electron chi connectivity index (χ0n) is 15.4. The molecule has 3 rings (SSSR count). The maximum absolute atomic E-state index is 12.5. The van der Waals surface area contributed by atoms with Gasteiger partial charge in [-0.15, -0.1) is 0 Å². The van der Waals surface area contributed by atoms with E-state index in [4.69, 9.17) is 0 Å². The first-order chi connectivity index (χ1) is 12.2. The van der Waals surface area contributed by atoms with Gasteiger partial charge in [0.25, 0.3) is 0 Å². The molecule has 25 heavy (non-hydrogen) atoms. The van der Waals surface area contributed by atoms with Crippen LogP contribution in [0.2, 0.25) is 0 Å². The van der Waals surface area contributed by atoms with Gasteiger partial charge in [-0.05, 0) is 31.2 Å². The molecule has 0 radical (unpaired) electrons. The van der Waals surface area contributed by atoms with E-state index < -0.39 is 0 Å². The summed E-state index contributed by atoms with van der Waals surface area (Å²) in [6.45, 7) is 2.46. The molecule has 0 bridgehead atoms. The van der Waals surface area contributed by atoms with E-state index in [2.05, 4.69) is 20.7 Å². The van der Waals surface area contributed by atoms with Crippen molar-refractivity contribution in [2.45, 2.75) is 44.6 Å². The molecule has 1 unspecified atom stereocenters. The van der Waals surface area contributed by atoms with Gasteiger partial charge in [0, 0.05) is 51.9 Å². The lowest BCUT2D eigenvalue weighted by Gasteiger charge is -2.21. The molecule has 2 N–H and O–H groups in total. The number of rotatable bonds is 5. The highest BCUT2D eigenvalue weighted by molar-refractivity contribution is 5.81. The first-order valence-electron chi connectivity index (χ1n) is 9.39. The number of carbonyl (C=O) groups is 1. The van der Waals surface area contributed by atoms with Crippen molar-refractivity contribution in [1.29, 1.82) is 0 Å². The fourth-order valence-electron chi connectivity index (χ4n) is 3.82. The summed E-state index contributed by atoms with van der Waals surface area (Å²) in [6.07, 6.45) is 10.4. The van der Waals surface area contributed by atoms with Gasteiger partial charge in [0.2, 0.25) is 5.91 Å². The van der Waals surface area contributed by atoms with Crippen LogP contribution in [0.25, 0.3) is 0 Å². The largest absolute Gasteiger partial charge is 0.356 e. The van der Waals surface area contributed by atoms with Crippen LogP contribution in [0.5, 0.6) is 0 Å². The second-order valence-corrected chi connectivity index (χ2v) is 7.17. The van der Waals surface area contributed by atoms with Crippen LogP contribution in [0.3, 0.4) is 0 Å². The van der Waals surface area contributed by atoms with E-state index in [0.29, 0.717) is 5.91 Å². The number of hydrogen-bond acceptors (Lipinski definition) is 3. The Morgan fingerprint density at radius 2 is 2.16 bits per heavy atom. The smallest absolute Gasteiger partial charge is 0.225 e. The zero-order valence-corrected chi connectivity index (χ0v) is 15.4. The number of aryl methyl sites for hydroxylation is 1. The Hall–Kier alpha value is -2.05. The molecule has 7 nitrogen and oxygen atoms in total. The third-order valence-electron chi connectivity index (χ3n) is 5.23. The molecule has 1 aromatic rings. The van der Waals surface area contributed by atoms with Gasteiger partial charge in [0.15, 0.2) is 5.96 Å². The van der Waals surface area contributed by atoms with Crippen molar-refractivity contribution < 1.29 is 4.79 Å². The van der Waals surface area contributed by atoms with Crippen molar-refractivity contribution in [3.05, 3.63) is 18.0 Å². The van der Waals surface area contributed by atoms with Crippen LogP contribution in [-0.2, 0) is 18.3 Å². The minimum atomic E-state index is 0.274. The van der Waals surface area contributed by atoms with Gasteiger partial charge in [-0.3, -0.25) is 14.5 Å². The van der Waals surface area contributed by atoms with Crippen LogP contribution in [-0.4, -0.2) is 59.3 Å². The number of hydrogen-bond donors (Lipinski definition) is 2. The predicted molar refractivity (Wildman–Crippen MR) is 98.4 cm³/mol. The summed E-state index contributed by atoms with van der Waals surface area (Å²) in [7, 11) is 3.71. The van der Waals surface area contributed by atoms with E-state index >= 15 is 0 Å². The lowest BCUT2D eigenvalue weighted by Crippen LogP contribution is -2.45. The maximum atomic E-state index is 12.5. The molecule has 2 aliphatic rings. The maximum Gasteiger partial charge on any atom is 0.225 e. The van der Waals surface area contributed by atoms with Gasteiger partial charge in [0.05, 0.1) is 6.20 Å². The Bertz CT molecular complexity index is 604. The molecule has 0 aromatic carbocycles. The van der Waals surface area contributed by atoms with Crippen molar-refractivity contribution in [3.8, 4) is 0 Å². The summed E-state index contributed by atoms with van der Waals surface area (Å²) >= 11 is 0. The molecule has 1 aliphatic carbocycles. The van der Waals surface area contributed by atoms with E-state index in [-0.39, 0.29) is 12.0 Å². The Morgan fingerprint density at radius 3 is 2.84 bits per heavy atom. The number of guanidine groups is 1. The molecule has 7 heteroatoms. The minimum Gasteiger partial charge on any atom is -0.356 e. The highest BCUT2D eigenvalue weighted by Gasteiger charge is 2.32. The van der Waals surface area contributed by atoms with Gasteiger partial charge in [0.1, 0.15) is 0 Å². The van der Waals surface area contributed by atoms with E-state index in [1.165, 1.54) is 18.4 Å². The minimum absolute atomic E-state index is 0.274. The van der Waals surface area contributed by atoms with Gasteiger partial charge >= 0.3 is 0 Å². The van der Waals surface area contributed by atoms with Crippen LogP contribution >= 0.6 is 0 Å². The lowest BCUT2D eigenvalue weighted by atomic mass is 10.1. The number of likely N-dealkylation sites (tertiary alicyclic amines) is 1. The van der Waals surface area contributed by atoms with Crippen molar-refractivity contribution in [1.82, 2.24) is 25.3 Å². The van der Waals surface area contributed by atoms with Crippen molar-refractivity contribution in [2.24, 2.45) is 18.0 Å². The fourth-order valence-corrected chi connectivity index (χ4v) is 3.82. The number of aromatic nitrogens is 2. The summed E-state index contributed by atoms with van der Waals surface area (Å²) in [6, 6.07) is 0.287. The summed E-state index contributed by atoms with van der Waals surface area (Å²) in [5, 5.41) is 11.0. The van der Waals surface area contributed by atoms with E-state index in [1.807, 2.05) is 29.0 Å². The van der Waals surface area contributed by atoms with Gasteiger partial charge < -0.3 is 15.5 Å².